The smallest absolute Gasteiger partial charge is 0.244 e. The van der Waals surface area contributed by atoms with E-state index in [1.807, 2.05) is 6.92 Å². The summed E-state index contributed by atoms with van der Waals surface area (Å²) in [7, 11) is 0. The van der Waals surface area contributed by atoms with Gasteiger partial charge < -0.3 is 4.90 Å². The molecule has 0 aromatic carbocycles. The molecular weight excluding hydrogens is 224 g/mol. The second-order valence-corrected chi connectivity index (χ2v) is 6.49. The van der Waals surface area contributed by atoms with Crippen molar-refractivity contribution in [2.75, 3.05) is 0 Å². The van der Waals surface area contributed by atoms with E-state index in [9.17, 15) is 4.79 Å². The first kappa shape index (κ1) is 13.9. The molecule has 3 heteroatoms. The molecule has 4 atom stereocenters. The van der Waals surface area contributed by atoms with Crippen LogP contribution in [0.1, 0.15) is 66.2 Å². The van der Waals surface area contributed by atoms with E-state index in [4.69, 9.17) is 0 Å². The van der Waals surface area contributed by atoms with Crippen LogP contribution < -0.4 is 5.32 Å². The fourth-order valence-corrected chi connectivity index (χ4v) is 3.53. The molecular formula is C15H28N2O. The highest BCUT2D eigenvalue weighted by atomic mass is 16.2. The van der Waals surface area contributed by atoms with Crippen LogP contribution in [-0.4, -0.2) is 28.6 Å². The first-order valence-electron chi connectivity index (χ1n) is 7.58. The summed E-state index contributed by atoms with van der Waals surface area (Å²) in [6, 6.07) is 0.457. The molecule has 2 fully saturated rings. The average molecular weight is 252 g/mol. The summed E-state index contributed by atoms with van der Waals surface area (Å²) in [5.74, 6) is 1.14. The summed E-state index contributed by atoms with van der Waals surface area (Å²) < 4.78 is 0. The molecule has 3 nitrogen and oxygen atoms in total. The van der Waals surface area contributed by atoms with Crippen LogP contribution >= 0.6 is 0 Å². The molecule has 1 aliphatic carbocycles. The van der Waals surface area contributed by atoms with Gasteiger partial charge >= 0.3 is 0 Å². The van der Waals surface area contributed by atoms with Crippen LogP contribution in [0.4, 0.5) is 0 Å². The summed E-state index contributed by atoms with van der Waals surface area (Å²) in [5, 5.41) is 3.49. The average Bonchev–Trinajstić information content (AvgIpc) is 2.49. The molecule has 2 rings (SSSR count). The van der Waals surface area contributed by atoms with E-state index in [2.05, 4.69) is 31.0 Å². The first-order chi connectivity index (χ1) is 8.48. The Labute approximate surface area is 111 Å². The lowest BCUT2D eigenvalue weighted by Crippen LogP contribution is -2.45. The monoisotopic (exact) mass is 252 g/mol. The number of rotatable bonds is 2. The Bertz CT molecular complexity index is 318. The molecule has 1 amide bonds. The lowest BCUT2D eigenvalue weighted by Gasteiger charge is -2.31. The minimum atomic E-state index is -0.336. The van der Waals surface area contributed by atoms with Crippen molar-refractivity contribution < 1.29 is 4.79 Å². The maximum absolute atomic E-state index is 12.6. The molecule has 0 aromatic rings. The number of hydrogen-bond donors (Lipinski definition) is 1. The standard InChI is InChI=1S/C15H28N2O/c1-5-15(4)14(18)17(12(3)16-15)13-8-6-7-11(2)9-10-13/h11-13,16H,5-10H2,1-4H3. The van der Waals surface area contributed by atoms with Gasteiger partial charge in [-0.1, -0.05) is 26.7 Å². The van der Waals surface area contributed by atoms with Gasteiger partial charge in [-0.05, 0) is 45.4 Å². The molecule has 1 aliphatic heterocycles. The van der Waals surface area contributed by atoms with Crippen molar-refractivity contribution in [3.63, 3.8) is 0 Å². The third-order valence-electron chi connectivity index (χ3n) is 4.98. The van der Waals surface area contributed by atoms with Crippen molar-refractivity contribution in [3.05, 3.63) is 0 Å². The highest BCUT2D eigenvalue weighted by molar-refractivity contribution is 5.88. The van der Waals surface area contributed by atoms with Gasteiger partial charge in [0.1, 0.15) is 0 Å². The van der Waals surface area contributed by atoms with E-state index < -0.39 is 0 Å². The molecule has 4 unspecified atom stereocenters. The predicted molar refractivity (Wildman–Crippen MR) is 74.2 cm³/mol. The van der Waals surface area contributed by atoms with Crippen molar-refractivity contribution >= 4 is 5.91 Å². The number of nitrogens with one attached hydrogen (secondary N) is 1. The summed E-state index contributed by atoms with van der Waals surface area (Å²) in [6.07, 6.45) is 7.29. The van der Waals surface area contributed by atoms with Gasteiger partial charge in [0.05, 0.1) is 11.7 Å². The molecule has 104 valence electrons. The quantitative estimate of drug-likeness (QED) is 0.766. The Kier molecular flexibility index (Phi) is 4.00. The number of carbonyl (C=O) groups excluding carboxylic acids is 1. The van der Waals surface area contributed by atoms with Gasteiger partial charge in [0.2, 0.25) is 5.91 Å². The van der Waals surface area contributed by atoms with Gasteiger partial charge in [-0.15, -0.1) is 0 Å². The van der Waals surface area contributed by atoms with E-state index in [1.165, 1.54) is 32.1 Å². The Balaban J connectivity index is 2.10. The van der Waals surface area contributed by atoms with Crippen molar-refractivity contribution in [1.82, 2.24) is 10.2 Å². The molecule has 0 aromatic heterocycles. The molecule has 0 bridgehead atoms. The summed E-state index contributed by atoms with van der Waals surface area (Å²) in [5.41, 5.74) is -0.336. The normalized spacial score (nSPS) is 42.1. The maximum Gasteiger partial charge on any atom is 0.244 e. The molecule has 1 N–H and O–H groups in total. The van der Waals surface area contributed by atoms with Gasteiger partial charge in [-0.3, -0.25) is 10.1 Å². The van der Waals surface area contributed by atoms with Crippen LogP contribution in [0.2, 0.25) is 0 Å². The lowest BCUT2D eigenvalue weighted by molar-refractivity contribution is -0.135. The van der Waals surface area contributed by atoms with Crippen molar-refractivity contribution in [2.24, 2.45) is 5.92 Å². The van der Waals surface area contributed by atoms with Crippen molar-refractivity contribution in [3.8, 4) is 0 Å². The van der Waals surface area contributed by atoms with Crippen LogP contribution in [0.5, 0.6) is 0 Å². The zero-order valence-electron chi connectivity index (χ0n) is 12.3. The van der Waals surface area contributed by atoms with Gasteiger partial charge in [0.25, 0.3) is 0 Å². The third kappa shape index (κ3) is 2.42. The number of carbonyl (C=O) groups is 1. The van der Waals surface area contributed by atoms with Gasteiger partial charge in [-0.2, -0.15) is 0 Å². The van der Waals surface area contributed by atoms with E-state index in [0.29, 0.717) is 11.9 Å². The molecule has 1 heterocycles. The summed E-state index contributed by atoms with van der Waals surface area (Å²) >= 11 is 0. The van der Waals surface area contributed by atoms with E-state index in [0.717, 1.165) is 12.3 Å². The number of amides is 1. The maximum atomic E-state index is 12.6. The van der Waals surface area contributed by atoms with E-state index in [1.54, 1.807) is 0 Å². The largest absolute Gasteiger partial charge is 0.323 e. The molecule has 2 aliphatic rings. The molecule has 18 heavy (non-hydrogen) atoms. The fourth-order valence-electron chi connectivity index (χ4n) is 3.53. The van der Waals surface area contributed by atoms with Crippen molar-refractivity contribution in [1.29, 1.82) is 0 Å². The Hall–Kier alpha value is -0.570. The zero-order valence-corrected chi connectivity index (χ0v) is 12.3. The molecule has 0 radical (unpaired) electrons. The second-order valence-electron chi connectivity index (χ2n) is 6.49. The molecule has 0 spiro atoms. The van der Waals surface area contributed by atoms with Crippen LogP contribution in [0.3, 0.4) is 0 Å². The summed E-state index contributed by atoms with van der Waals surface area (Å²) in [4.78, 5) is 14.8. The Morgan fingerprint density at radius 1 is 1.28 bits per heavy atom. The molecule has 1 saturated heterocycles. The number of nitrogens with zero attached hydrogens (tertiary/aromatic N) is 1. The van der Waals surface area contributed by atoms with E-state index in [-0.39, 0.29) is 11.7 Å². The van der Waals surface area contributed by atoms with Crippen molar-refractivity contribution in [2.45, 2.75) is 84.0 Å². The van der Waals surface area contributed by atoms with Crippen LogP contribution in [0.15, 0.2) is 0 Å². The first-order valence-corrected chi connectivity index (χ1v) is 7.58. The lowest BCUT2D eigenvalue weighted by atomic mass is 9.98. The minimum absolute atomic E-state index is 0.195. The van der Waals surface area contributed by atoms with Gasteiger partial charge in [0, 0.05) is 6.04 Å². The zero-order chi connectivity index (χ0) is 13.3. The van der Waals surface area contributed by atoms with Crippen LogP contribution in [0.25, 0.3) is 0 Å². The van der Waals surface area contributed by atoms with Gasteiger partial charge in [0.15, 0.2) is 0 Å². The van der Waals surface area contributed by atoms with Crippen LogP contribution in [0, 0.1) is 5.92 Å². The second kappa shape index (κ2) is 5.20. The Morgan fingerprint density at radius 3 is 2.61 bits per heavy atom. The minimum Gasteiger partial charge on any atom is -0.323 e. The van der Waals surface area contributed by atoms with Crippen LogP contribution in [-0.2, 0) is 4.79 Å². The van der Waals surface area contributed by atoms with Gasteiger partial charge in [-0.25, -0.2) is 0 Å². The van der Waals surface area contributed by atoms with E-state index >= 15 is 0 Å². The Morgan fingerprint density at radius 2 is 2.00 bits per heavy atom. The topological polar surface area (TPSA) is 32.3 Å². The highest BCUT2D eigenvalue weighted by Crippen LogP contribution is 2.32. The fraction of sp³-hybridized carbons (Fsp3) is 0.933. The SMILES string of the molecule is CCC1(C)NC(C)N(C2CCCC(C)CC2)C1=O. The third-order valence-corrected chi connectivity index (χ3v) is 4.98. The molecule has 1 saturated carbocycles. The predicted octanol–water partition coefficient (Wildman–Crippen LogP) is 2.90. The number of hydrogen-bond acceptors (Lipinski definition) is 2. The summed E-state index contributed by atoms with van der Waals surface area (Å²) in [6.45, 7) is 8.61. The highest BCUT2D eigenvalue weighted by Gasteiger charge is 2.47.